The lowest BCUT2D eigenvalue weighted by atomic mass is 10.0. The number of halogens is 1. The lowest BCUT2D eigenvalue weighted by Gasteiger charge is -2.20. The molecule has 3 N–H and O–H groups in total. The number of benzene rings is 4. The Balaban J connectivity index is 1.34. The average Bonchev–Trinajstić information content (AvgIpc) is 3.39. The van der Waals surface area contributed by atoms with Gasteiger partial charge in [0.05, 0.1) is 11.0 Å². The number of nitrogens with one attached hydrogen (secondary N) is 3. The molecule has 1 atom stereocenters. The Bertz CT molecular complexity index is 1990. The van der Waals surface area contributed by atoms with E-state index in [1.54, 1.807) is 30.3 Å². The van der Waals surface area contributed by atoms with E-state index in [4.69, 9.17) is 11.6 Å². The molecule has 0 saturated heterocycles. The van der Waals surface area contributed by atoms with Crippen LogP contribution in [0.2, 0.25) is 5.02 Å². The van der Waals surface area contributed by atoms with Crippen molar-refractivity contribution >= 4 is 61.8 Å². The van der Waals surface area contributed by atoms with Gasteiger partial charge in [0.25, 0.3) is 0 Å². The summed E-state index contributed by atoms with van der Waals surface area (Å²) >= 11 is 6.01. The summed E-state index contributed by atoms with van der Waals surface area (Å²) in [7, 11) is 0. The van der Waals surface area contributed by atoms with Gasteiger partial charge in [-0.05, 0) is 67.1 Å². The molecule has 0 aliphatic rings. The van der Waals surface area contributed by atoms with Gasteiger partial charge in [-0.15, -0.1) is 0 Å². The Morgan fingerprint density at radius 3 is 2.39 bits per heavy atom. The van der Waals surface area contributed by atoms with Crippen molar-refractivity contribution in [1.29, 1.82) is 0 Å². The Kier molecular flexibility index (Phi) is 7.03. The SMILES string of the molecule is Cc1ccc2c(c1)c(=O)c1ccccc1n2CC(=O)NC(Cc1c[nH]c2ccccc12)C(=O)Nc1ccc(Cl)cc1. The minimum atomic E-state index is -0.864. The molecule has 0 aliphatic carbocycles. The number of hydrogen-bond acceptors (Lipinski definition) is 3. The van der Waals surface area contributed by atoms with Gasteiger partial charge in [-0.25, -0.2) is 0 Å². The van der Waals surface area contributed by atoms with Crippen LogP contribution in [-0.2, 0) is 22.6 Å². The monoisotopic (exact) mass is 562 g/mol. The first-order valence-corrected chi connectivity index (χ1v) is 13.7. The Labute approximate surface area is 240 Å². The van der Waals surface area contributed by atoms with Crippen LogP contribution in [-0.4, -0.2) is 27.4 Å². The summed E-state index contributed by atoms with van der Waals surface area (Å²) in [5.74, 6) is -0.701. The number of aryl methyl sites for hydroxylation is 1. The second-order valence-corrected chi connectivity index (χ2v) is 10.6. The quantitative estimate of drug-likeness (QED) is 0.209. The highest BCUT2D eigenvalue weighted by Crippen LogP contribution is 2.22. The number of amides is 2. The first kappa shape index (κ1) is 26.3. The van der Waals surface area contributed by atoms with E-state index in [-0.39, 0.29) is 30.2 Å². The van der Waals surface area contributed by atoms with Crippen LogP contribution in [0.15, 0.2) is 102 Å². The van der Waals surface area contributed by atoms with Crippen molar-refractivity contribution < 1.29 is 9.59 Å². The third-order valence-corrected chi connectivity index (χ3v) is 7.54. The molecule has 0 fully saturated rings. The highest BCUT2D eigenvalue weighted by atomic mass is 35.5. The van der Waals surface area contributed by atoms with E-state index in [9.17, 15) is 14.4 Å². The zero-order chi connectivity index (χ0) is 28.5. The largest absolute Gasteiger partial charge is 0.361 e. The second-order valence-electron chi connectivity index (χ2n) is 10.1. The van der Waals surface area contributed by atoms with Gasteiger partial charge in [0.15, 0.2) is 5.43 Å². The predicted octanol–water partition coefficient (Wildman–Crippen LogP) is 5.96. The standard InChI is InChI=1S/C33H27ClN4O3/c1-20-10-15-30-26(16-20)32(40)25-7-3-5-9-29(25)38(30)19-31(39)37-28(33(41)36-23-13-11-22(34)12-14-23)17-21-18-35-27-8-4-2-6-24(21)27/h2-16,18,28,35H,17,19H2,1H3,(H,36,41)(H,37,39). The van der Waals surface area contributed by atoms with Gasteiger partial charge < -0.3 is 20.2 Å². The maximum absolute atomic E-state index is 13.6. The number of carbonyl (C=O) groups is 2. The smallest absolute Gasteiger partial charge is 0.247 e. The van der Waals surface area contributed by atoms with E-state index in [0.717, 1.165) is 22.0 Å². The van der Waals surface area contributed by atoms with Gasteiger partial charge in [-0.3, -0.25) is 14.4 Å². The van der Waals surface area contributed by atoms with E-state index in [1.165, 1.54) is 0 Å². The summed E-state index contributed by atoms with van der Waals surface area (Å²) in [6, 6.07) is 26.7. The molecule has 204 valence electrons. The number of aromatic nitrogens is 2. The van der Waals surface area contributed by atoms with E-state index >= 15 is 0 Å². The zero-order valence-electron chi connectivity index (χ0n) is 22.3. The number of rotatable bonds is 7. The molecule has 4 aromatic carbocycles. The van der Waals surface area contributed by atoms with Crippen LogP contribution in [0.4, 0.5) is 5.69 Å². The van der Waals surface area contributed by atoms with Crippen molar-refractivity contribution in [3.63, 3.8) is 0 Å². The number of H-pyrrole nitrogens is 1. The number of nitrogens with zero attached hydrogens (tertiary/aromatic N) is 1. The molecule has 41 heavy (non-hydrogen) atoms. The third kappa shape index (κ3) is 5.32. The van der Waals surface area contributed by atoms with E-state index in [1.807, 2.05) is 78.4 Å². The first-order chi connectivity index (χ1) is 19.9. The molecule has 6 aromatic rings. The van der Waals surface area contributed by atoms with E-state index in [0.29, 0.717) is 32.5 Å². The number of fused-ring (bicyclic) bond motifs is 3. The molecule has 0 aliphatic heterocycles. The molecule has 7 nitrogen and oxygen atoms in total. The Hall–Kier alpha value is -4.88. The molecular weight excluding hydrogens is 536 g/mol. The van der Waals surface area contributed by atoms with Gasteiger partial charge >= 0.3 is 0 Å². The summed E-state index contributed by atoms with van der Waals surface area (Å²) < 4.78 is 1.83. The minimum absolute atomic E-state index is 0.0705. The molecule has 0 saturated carbocycles. The molecule has 0 spiro atoms. The highest BCUT2D eigenvalue weighted by molar-refractivity contribution is 6.30. The lowest BCUT2D eigenvalue weighted by Crippen LogP contribution is -2.46. The molecular formula is C33H27ClN4O3. The minimum Gasteiger partial charge on any atom is -0.361 e. The average molecular weight is 563 g/mol. The van der Waals surface area contributed by atoms with Crippen LogP contribution in [0.5, 0.6) is 0 Å². The van der Waals surface area contributed by atoms with Crippen molar-refractivity contribution in [1.82, 2.24) is 14.9 Å². The van der Waals surface area contributed by atoms with Crippen LogP contribution in [0.3, 0.4) is 0 Å². The number of aromatic amines is 1. The molecule has 6 rings (SSSR count). The summed E-state index contributed by atoms with van der Waals surface area (Å²) in [6.45, 7) is 1.86. The number of hydrogen-bond donors (Lipinski definition) is 3. The highest BCUT2D eigenvalue weighted by Gasteiger charge is 2.24. The fourth-order valence-corrected chi connectivity index (χ4v) is 5.42. The number of para-hydroxylation sites is 2. The fourth-order valence-electron chi connectivity index (χ4n) is 5.29. The molecule has 1 unspecified atom stereocenters. The second kappa shape index (κ2) is 10.9. The number of anilines is 1. The van der Waals surface area contributed by atoms with Gasteiger partial charge in [0.2, 0.25) is 11.8 Å². The fraction of sp³-hybridized carbons (Fsp3) is 0.121. The van der Waals surface area contributed by atoms with E-state index in [2.05, 4.69) is 15.6 Å². The van der Waals surface area contributed by atoms with Crippen molar-refractivity contribution in [2.45, 2.75) is 25.9 Å². The van der Waals surface area contributed by atoms with Gasteiger partial charge in [0.1, 0.15) is 12.6 Å². The molecule has 0 bridgehead atoms. The molecule has 2 aromatic heterocycles. The molecule has 0 radical (unpaired) electrons. The van der Waals surface area contributed by atoms with Crippen LogP contribution in [0.1, 0.15) is 11.1 Å². The molecule has 2 amide bonds. The van der Waals surface area contributed by atoms with Crippen molar-refractivity contribution in [2.75, 3.05) is 5.32 Å². The van der Waals surface area contributed by atoms with Crippen LogP contribution in [0.25, 0.3) is 32.7 Å². The van der Waals surface area contributed by atoms with Gasteiger partial charge in [-0.1, -0.05) is 53.6 Å². The summed E-state index contributed by atoms with van der Waals surface area (Å²) in [6.07, 6.45) is 2.14. The van der Waals surface area contributed by atoms with Crippen molar-refractivity contribution in [2.24, 2.45) is 0 Å². The zero-order valence-corrected chi connectivity index (χ0v) is 23.0. The third-order valence-electron chi connectivity index (χ3n) is 7.29. The van der Waals surface area contributed by atoms with Crippen molar-refractivity contribution in [3.8, 4) is 0 Å². The van der Waals surface area contributed by atoms with E-state index < -0.39 is 6.04 Å². The topological polar surface area (TPSA) is 96.0 Å². The normalized spacial score (nSPS) is 12.0. The summed E-state index contributed by atoms with van der Waals surface area (Å²) in [4.78, 5) is 43.7. The van der Waals surface area contributed by atoms with Gasteiger partial charge in [-0.2, -0.15) is 0 Å². The predicted molar refractivity (Wildman–Crippen MR) is 164 cm³/mol. The van der Waals surface area contributed by atoms with Gasteiger partial charge in [0, 0.05) is 45.0 Å². The first-order valence-electron chi connectivity index (χ1n) is 13.3. The molecule has 2 heterocycles. The Morgan fingerprint density at radius 2 is 1.59 bits per heavy atom. The maximum atomic E-state index is 13.6. The van der Waals surface area contributed by atoms with Crippen LogP contribution in [0, 0.1) is 6.92 Å². The molecule has 8 heteroatoms. The Morgan fingerprint density at radius 1 is 0.878 bits per heavy atom. The van der Waals surface area contributed by atoms with Crippen LogP contribution < -0.4 is 16.1 Å². The number of carbonyl (C=O) groups excluding carboxylic acids is 2. The number of pyridine rings is 1. The van der Waals surface area contributed by atoms with Crippen LogP contribution >= 0.6 is 11.6 Å². The lowest BCUT2D eigenvalue weighted by molar-refractivity contribution is -0.126. The van der Waals surface area contributed by atoms with Crippen molar-refractivity contribution in [3.05, 3.63) is 124 Å². The summed E-state index contributed by atoms with van der Waals surface area (Å²) in [5, 5.41) is 8.49. The maximum Gasteiger partial charge on any atom is 0.247 e. The summed E-state index contributed by atoms with van der Waals surface area (Å²) in [5.41, 5.74) is 4.63.